The van der Waals surface area contributed by atoms with E-state index in [1.165, 1.54) is 12.1 Å². The Morgan fingerprint density at radius 2 is 1.85 bits per heavy atom. The van der Waals surface area contributed by atoms with E-state index in [1.54, 1.807) is 29.1 Å². The number of halogens is 1. The van der Waals surface area contributed by atoms with Crippen LogP contribution in [0.25, 0.3) is 11.4 Å². The first-order valence-electron chi connectivity index (χ1n) is 8.03. The summed E-state index contributed by atoms with van der Waals surface area (Å²) < 4.78 is 20.0. The predicted octanol–water partition coefficient (Wildman–Crippen LogP) is 3.20. The number of benzene rings is 2. The molecule has 0 spiro atoms. The second-order valence-electron chi connectivity index (χ2n) is 5.75. The standard InChI is InChI=1S/C19H15FN4O2/c20-15-8-6-14(7-9-15)18-22-16(26-23-18)12-24-11-10-21-19(24)17(25)13-4-2-1-3-5-13/h1-11,17,25H,12H2. The lowest BCUT2D eigenvalue weighted by molar-refractivity contribution is 0.204. The minimum absolute atomic E-state index is 0.271. The lowest BCUT2D eigenvalue weighted by Gasteiger charge is -2.12. The van der Waals surface area contributed by atoms with Gasteiger partial charge in [0.1, 0.15) is 24.3 Å². The SMILES string of the molecule is OC(c1ccccc1)c1nccn1Cc1nc(-c2ccc(F)cc2)no1. The highest BCUT2D eigenvalue weighted by molar-refractivity contribution is 5.53. The van der Waals surface area contributed by atoms with E-state index >= 15 is 0 Å². The Morgan fingerprint density at radius 3 is 2.62 bits per heavy atom. The molecule has 0 aliphatic heterocycles. The fourth-order valence-corrected chi connectivity index (χ4v) is 2.67. The molecule has 0 aliphatic carbocycles. The molecule has 6 nitrogen and oxygen atoms in total. The molecule has 0 bridgehead atoms. The summed E-state index contributed by atoms with van der Waals surface area (Å²) in [5.74, 6) is 0.905. The van der Waals surface area contributed by atoms with Crippen LogP contribution in [0.4, 0.5) is 4.39 Å². The normalized spacial score (nSPS) is 12.2. The molecule has 0 saturated carbocycles. The van der Waals surface area contributed by atoms with Crippen molar-refractivity contribution in [1.82, 2.24) is 19.7 Å². The maximum Gasteiger partial charge on any atom is 0.246 e. The van der Waals surface area contributed by atoms with Gasteiger partial charge in [0.25, 0.3) is 0 Å². The first-order valence-corrected chi connectivity index (χ1v) is 8.03. The molecule has 0 aliphatic rings. The van der Waals surface area contributed by atoms with E-state index in [9.17, 15) is 9.50 Å². The monoisotopic (exact) mass is 350 g/mol. The topological polar surface area (TPSA) is 77.0 Å². The molecular formula is C19H15FN4O2. The highest BCUT2D eigenvalue weighted by Crippen LogP contribution is 2.21. The van der Waals surface area contributed by atoms with Gasteiger partial charge >= 0.3 is 0 Å². The highest BCUT2D eigenvalue weighted by Gasteiger charge is 2.18. The van der Waals surface area contributed by atoms with Gasteiger partial charge in [-0.3, -0.25) is 0 Å². The third-order valence-corrected chi connectivity index (χ3v) is 3.98. The molecule has 0 saturated heterocycles. The molecule has 1 unspecified atom stereocenters. The van der Waals surface area contributed by atoms with Gasteiger partial charge in [-0.05, 0) is 29.8 Å². The lowest BCUT2D eigenvalue weighted by atomic mass is 10.1. The molecule has 1 N–H and O–H groups in total. The zero-order valence-corrected chi connectivity index (χ0v) is 13.7. The summed E-state index contributed by atoms with van der Waals surface area (Å²) in [5.41, 5.74) is 1.41. The Bertz CT molecular complexity index is 996. The van der Waals surface area contributed by atoms with Crippen LogP contribution in [0.15, 0.2) is 71.5 Å². The molecule has 2 heterocycles. The lowest BCUT2D eigenvalue weighted by Crippen LogP contribution is -2.10. The number of aliphatic hydroxyl groups is 1. The van der Waals surface area contributed by atoms with E-state index in [1.807, 2.05) is 30.3 Å². The summed E-state index contributed by atoms with van der Waals surface area (Å²) in [6, 6.07) is 15.1. The van der Waals surface area contributed by atoms with Crippen LogP contribution in [0.2, 0.25) is 0 Å². The van der Waals surface area contributed by atoms with E-state index in [2.05, 4.69) is 15.1 Å². The maximum absolute atomic E-state index is 13.0. The van der Waals surface area contributed by atoms with E-state index in [4.69, 9.17) is 4.52 Å². The molecule has 26 heavy (non-hydrogen) atoms. The van der Waals surface area contributed by atoms with Gasteiger partial charge in [0.2, 0.25) is 11.7 Å². The number of rotatable bonds is 5. The van der Waals surface area contributed by atoms with Crippen LogP contribution in [0.3, 0.4) is 0 Å². The number of aliphatic hydroxyl groups excluding tert-OH is 1. The smallest absolute Gasteiger partial charge is 0.246 e. The van der Waals surface area contributed by atoms with Crippen LogP contribution in [0.1, 0.15) is 23.4 Å². The summed E-state index contributed by atoms with van der Waals surface area (Å²) in [7, 11) is 0. The van der Waals surface area contributed by atoms with Crippen LogP contribution in [-0.4, -0.2) is 24.8 Å². The van der Waals surface area contributed by atoms with E-state index in [-0.39, 0.29) is 12.4 Å². The van der Waals surface area contributed by atoms with Crippen LogP contribution in [0.5, 0.6) is 0 Å². The molecule has 0 radical (unpaired) electrons. The first kappa shape index (κ1) is 16.2. The third-order valence-electron chi connectivity index (χ3n) is 3.98. The second kappa shape index (κ2) is 6.89. The number of imidazole rings is 1. The van der Waals surface area contributed by atoms with Crippen LogP contribution in [-0.2, 0) is 6.54 Å². The number of nitrogens with zero attached hydrogens (tertiary/aromatic N) is 4. The average molecular weight is 350 g/mol. The molecule has 2 aromatic carbocycles. The van der Waals surface area contributed by atoms with Gasteiger partial charge in [-0.1, -0.05) is 35.5 Å². The van der Waals surface area contributed by atoms with Crippen LogP contribution >= 0.6 is 0 Å². The molecule has 4 aromatic rings. The average Bonchev–Trinajstić information content (AvgIpc) is 3.33. The van der Waals surface area contributed by atoms with Crippen molar-refractivity contribution in [1.29, 1.82) is 0 Å². The Hall–Kier alpha value is -3.32. The van der Waals surface area contributed by atoms with Gasteiger partial charge in [-0.25, -0.2) is 9.37 Å². The van der Waals surface area contributed by atoms with Gasteiger partial charge in [0.05, 0.1) is 0 Å². The van der Waals surface area contributed by atoms with Crippen LogP contribution in [0, 0.1) is 5.82 Å². The van der Waals surface area contributed by atoms with Crippen molar-refractivity contribution in [2.24, 2.45) is 0 Å². The molecule has 7 heteroatoms. The van der Waals surface area contributed by atoms with Gasteiger partial charge < -0.3 is 14.2 Å². The van der Waals surface area contributed by atoms with Crippen molar-refractivity contribution >= 4 is 0 Å². The first-order chi connectivity index (χ1) is 12.7. The number of hydrogen-bond acceptors (Lipinski definition) is 5. The summed E-state index contributed by atoms with van der Waals surface area (Å²) >= 11 is 0. The molecule has 0 amide bonds. The molecule has 1 atom stereocenters. The molecule has 2 aromatic heterocycles. The quantitative estimate of drug-likeness (QED) is 0.598. The van der Waals surface area contributed by atoms with Crippen molar-refractivity contribution in [2.75, 3.05) is 0 Å². The summed E-state index contributed by atoms with van der Waals surface area (Å²) in [6.07, 6.45) is 2.49. The van der Waals surface area contributed by atoms with Crippen LogP contribution < -0.4 is 0 Å². The van der Waals surface area contributed by atoms with Crippen molar-refractivity contribution in [2.45, 2.75) is 12.6 Å². The van der Waals surface area contributed by atoms with E-state index in [0.717, 1.165) is 5.56 Å². The molecular weight excluding hydrogens is 335 g/mol. The van der Waals surface area contributed by atoms with E-state index < -0.39 is 6.10 Å². The molecule has 130 valence electrons. The Balaban J connectivity index is 1.56. The Morgan fingerprint density at radius 1 is 1.08 bits per heavy atom. The minimum Gasteiger partial charge on any atom is -0.380 e. The van der Waals surface area contributed by atoms with Gasteiger partial charge in [-0.15, -0.1) is 0 Å². The number of hydrogen-bond donors (Lipinski definition) is 1. The summed E-state index contributed by atoms with van der Waals surface area (Å²) in [6.45, 7) is 0.271. The zero-order chi connectivity index (χ0) is 17.9. The Labute approximate surface area is 148 Å². The van der Waals surface area contributed by atoms with Gasteiger partial charge in [0, 0.05) is 18.0 Å². The highest BCUT2D eigenvalue weighted by atomic mass is 19.1. The van der Waals surface area contributed by atoms with Crippen molar-refractivity contribution in [3.8, 4) is 11.4 Å². The maximum atomic E-state index is 13.0. The zero-order valence-electron chi connectivity index (χ0n) is 13.7. The number of aromatic nitrogens is 4. The fourth-order valence-electron chi connectivity index (χ4n) is 2.67. The fraction of sp³-hybridized carbons (Fsp3) is 0.105. The largest absolute Gasteiger partial charge is 0.380 e. The van der Waals surface area contributed by atoms with Crippen molar-refractivity contribution in [3.63, 3.8) is 0 Å². The summed E-state index contributed by atoms with van der Waals surface area (Å²) in [4.78, 5) is 8.57. The van der Waals surface area contributed by atoms with Gasteiger partial charge in [-0.2, -0.15) is 4.98 Å². The van der Waals surface area contributed by atoms with Gasteiger partial charge in [0.15, 0.2) is 0 Å². The Kier molecular flexibility index (Phi) is 4.28. The molecule has 4 rings (SSSR count). The second-order valence-corrected chi connectivity index (χ2v) is 5.75. The predicted molar refractivity (Wildman–Crippen MR) is 91.5 cm³/mol. The summed E-state index contributed by atoms with van der Waals surface area (Å²) in [5, 5.41) is 14.5. The minimum atomic E-state index is -0.856. The van der Waals surface area contributed by atoms with Crippen molar-refractivity contribution in [3.05, 3.63) is 90.1 Å². The van der Waals surface area contributed by atoms with E-state index in [0.29, 0.717) is 23.1 Å². The van der Waals surface area contributed by atoms with Crippen molar-refractivity contribution < 1.29 is 14.0 Å². The third kappa shape index (κ3) is 3.25. The molecule has 0 fully saturated rings.